The molecule has 0 spiro atoms. The average molecular weight is 472 g/mol. The van der Waals surface area contributed by atoms with Gasteiger partial charge in [-0.15, -0.1) is 0 Å². The van der Waals surface area contributed by atoms with Gasteiger partial charge in [0.15, 0.2) is 5.78 Å². The van der Waals surface area contributed by atoms with Crippen LogP contribution in [0.4, 0.5) is 5.69 Å². The van der Waals surface area contributed by atoms with Crippen LogP contribution in [0.1, 0.15) is 52.3 Å². The summed E-state index contributed by atoms with van der Waals surface area (Å²) in [6.07, 6.45) is 6.83. The maximum Gasteiger partial charge on any atom is 0.167 e. The zero-order valence-corrected chi connectivity index (χ0v) is 20.3. The Morgan fingerprint density at radius 2 is 1.83 bits per heavy atom. The monoisotopic (exact) mass is 471 g/mol. The molecule has 0 bridgehead atoms. The molecule has 4 aromatic rings. The van der Waals surface area contributed by atoms with Gasteiger partial charge in [0, 0.05) is 42.8 Å². The Morgan fingerprint density at radius 1 is 1.00 bits per heavy atom. The van der Waals surface area contributed by atoms with Crippen molar-refractivity contribution < 1.29 is 4.79 Å². The Hall–Kier alpha value is -4.50. The van der Waals surface area contributed by atoms with Crippen LogP contribution in [0.2, 0.25) is 0 Å². The number of aromatic nitrogens is 3. The van der Waals surface area contributed by atoms with Crippen LogP contribution in [0, 0.1) is 11.3 Å². The van der Waals surface area contributed by atoms with E-state index >= 15 is 0 Å². The highest BCUT2D eigenvalue weighted by atomic mass is 16.1. The van der Waals surface area contributed by atoms with Crippen LogP contribution < -0.4 is 0 Å². The molecule has 2 aromatic carbocycles. The SMILES string of the molecule is CC(C)(C#N)c1cccc(C(=O)Cc2cccc(Cc3ncccc3-c3ncnc4c3N=CC4)c2)c1. The smallest absolute Gasteiger partial charge is 0.167 e. The maximum absolute atomic E-state index is 13.1. The molecule has 6 heteroatoms. The summed E-state index contributed by atoms with van der Waals surface area (Å²) in [5, 5.41) is 9.45. The molecule has 1 aliphatic rings. The number of ketones is 1. The summed E-state index contributed by atoms with van der Waals surface area (Å²) in [7, 11) is 0. The summed E-state index contributed by atoms with van der Waals surface area (Å²) in [5.41, 5.74) is 7.18. The number of Topliss-reactive ketones (excluding diaryl/α,β-unsaturated/α-hetero) is 1. The molecular formula is C30H25N5O. The van der Waals surface area contributed by atoms with Gasteiger partial charge in [-0.2, -0.15) is 5.26 Å². The quantitative estimate of drug-likeness (QED) is 0.327. The predicted octanol–water partition coefficient (Wildman–Crippen LogP) is 5.61. The number of aliphatic imine (C=N–C) groups is 1. The predicted molar refractivity (Wildman–Crippen MR) is 139 cm³/mol. The molecule has 0 amide bonds. The Kier molecular flexibility index (Phi) is 6.22. The number of nitriles is 1. The van der Waals surface area contributed by atoms with Crippen molar-refractivity contribution in [2.75, 3.05) is 0 Å². The van der Waals surface area contributed by atoms with Crippen LogP contribution in [-0.2, 0) is 24.7 Å². The van der Waals surface area contributed by atoms with Crippen molar-refractivity contribution in [3.63, 3.8) is 0 Å². The Balaban J connectivity index is 1.38. The molecule has 3 heterocycles. The second kappa shape index (κ2) is 9.63. The average Bonchev–Trinajstić information content (AvgIpc) is 3.39. The van der Waals surface area contributed by atoms with Gasteiger partial charge in [0.1, 0.15) is 17.7 Å². The molecular weight excluding hydrogens is 446 g/mol. The number of carbonyl (C=O) groups excluding carboxylic acids is 1. The first-order valence-electron chi connectivity index (χ1n) is 11.9. The third-order valence-corrected chi connectivity index (χ3v) is 6.46. The minimum Gasteiger partial charge on any atom is -0.294 e. The summed E-state index contributed by atoms with van der Waals surface area (Å²) in [5.74, 6) is 0.0238. The first kappa shape index (κ1) is 23.3. The molecule has 5 rings (SSSR count). The van der Waals surface area contributed by atoms with Crippen LogP contribution in [-0.4, -0.2) is 26.9 Å². The van der Waals surface area contributed by atoms with Gasteiger partial charge in [-0.05, 0) is 48.7 Å². The lowest BCUT2D eigenvalue weighted by Gasteiger charge is -2.16. The van der Waals surface area contributed by atoms with E-state index in [1.807, 2.05) is 74.7 Å². The lowest BCUT2D eigenvalue weighted by molar-refractivity contribution is 0.0993. The number of fused-ring (bicyclic) bond motifs is 1. The summed E-state index contributed by atoms with van der Waals surface area (Å²) in [6, 6.07) is 21.6. The van der Waals surface area contributed by atoms with E-state index in [9.17, 15) is 10.1 Å². The van der Waals surface area contributed by atoms with Crippen molar-refractivity contribution in [2.45, 2.75) is 38.5 Å². The Morgan fingerprint density at radius 3 is 2.69 bits per heavy atom. The standard InChI is InChI=1S/C30H25N5O/c1-30(2,18-31)23-9-4-8-22(17-23)27(36)16-21-7-3-6-20(14-21)15-26-24(10-5-12-32-26)28-29-25(11-13-33-29)34-19-35-28/h3-10,12-14,17,19H,11,15-16H2,1-2H3. The van der Waals surface area contributed by atoms with Gasteiger partial charge in [-0.1, -0.05) is 42.5 Å². The van der Waals surface area contributed by atoms with Gasteiger partial charge in [-0.25, -0.2) is 9.97 Å². The fourth-order valence-electron chi connectivity index (χ4n) is 4.39. The van der Waals surface area contributed by atoms with Crippen LogP contribution in [0.15, 0.2) is 78.2 Å². The molecule has 0 saturated heterocycles. The number of pyridine rings is 1. The zero-order valence-electron chi connectivity index (χ0n) is 20.3. The normalized spacial score (nSPS) is 12.2. The van der Waals surface area contributed by atoms with Crippen LogP contribution >= 0.6 is 0 Å². The Bertz CT molecular complexity index is 1530. The summed E-state index contributed by atoms with van der Waals surface area (Å²) in [6.45, 7) is 3.71. The third kappa shape index (κ3) is 4.69. The fourth-order valence-corrected chi connectivity index (χ4v) is 4.39. The van der Waals surface area contributed by atoms with Crippen molar-refractivity contribution in [2.24, 2.45) is 4.99 Å². The van der Waals surface area contributed by atoms with Crippen molar-refractivity contribution in [3.8, 4) is 17.3 Å². The van der Waals surface area contributed by atoms with Crippen molar-refractivity contribution >= 4 is 17.7 Å². The van der Waals surface area contributed by atoms with E-state index < -0.39 is 5.41 Å². The molecule has 2 aromatic heterocycles. The van der Waals surface area contributed by atoms with Gasteiger partial charge in [0.25, 0.3) is 0 Å². The second-order valence-electron chi connectivity index (χ2n) is 9.45. The van der Waals surface area contributed by atoms with E-state index in [2.05, 4.69) is 32.1 Å². The topological polar surface area (TPSA) is 91.9 Å². The molecule has 0 fully saturated rings. The molecule has 0 atom stereocenters. The molecule has 0 aliphatic carbocycles. The molecule has 0 unspecified atom stereocenters. The largest absolute Gasteiger partial charge is 0.294 e. The summed E-state index contributed by atoms with van der Waals surface area (Å²) in [4.78, 5) is 31.1. The number of carbonyl (C=O) groups is 1. The van der Waals surface area contributed by atoms with E-state index in [4.69, 9.17) is 0 Å². The van der Waals surface area contributed by atoms with Gasteiger partial charge in [-0.3, -0.25) is 14.8 Å². The van der Waals surface area contributed by atoms with Crippen molar-refractivity contribution in [1.82, 2.24) is 15.0 Å². The molecule has 6 nitrogen and oxygen atoms in total. The van der Waals surface area contributed by atoms with Crippen molar-refractivity contribution in [3.05, 3.63) is 107 Å². The number of hydrogen-bond acceptors (Lipinski definition) is 6. The van der Waals surface area contributed by atoms with Crippen LogP contribution in [0.5, 0.6) is 0 Å². The number of benzene rings is 2. The lowest BCUT2D eigenvalue weighted by Crippen LogP contribution is -2.15. The molecule has 0 radical (unpaired) electrons. The van der Waals surface area contributed by atoms with E-state index in [0.717, 1.165) is 45.0 Å². The number of hydrogen-bond donors (Lipinski definition) is 0. The third-order valence-electron chi connectivity index (χ3n) is 6.46. The highest BCUT2D eigenvalue weighted by molar-refractivity contribution is 5.97. The Labute approximate surface area is 210 Å². The molecule has 176 valence electrons. The second-order valence-corrected chi connectivity index (χ2v) is 9.45. The highest BCUT2D eigenvalue weighted by Crippen LogP contribution is 2.34. The minimum absolute atomic E-state index is 0.0238. The van der Waals surface area contributed by atoms with E-state index in [0.29, 0.717) is 18.4 Å². The van der Waals surface area contributed by atoms with E-state index in [-0.39, 0.29) is 12.2 Å². The number of rotatable bonds is 7. The van der Waals surface area contributed by atoms with E-state index in [1.54, 1.807) is 12.5 Å². The minimum atomic E-state index is -0.647. The number of nitrogens with zero attached hydrogens (tertiary/aromatic N) is 5. The van der Waals surface area contributed by atoms with Gasteiger partial charge in [0.05, 0.1) is 22.9 Å². The molecule has 0 N–H and O–H groups in total. The van der Waals surface area contributed by atoms with Crippen molar-refractivity contribution in [1.29, 1.82) is 5.26 Å². The van der Waals surface area contributed by atoms with Gasteiger partial charge >= 0.3 is 0 Å². The van der Waals surface area contributed by atoms with Crippen LogP contribution in [0.25, 0.3) is 11.3 Å². The highest BCUT2D eigenvalue weighted by Gasteiger charge is 2.21. The molecule has 36 heavy (non-hydrogen) atoms. The van der Waals surface area contributed by atoms with Gasteiger partial charge in [0.2, 0.25) is 0 Å². The fraction of sp³-hybridized carbons (Fsp3) is 0.200. The van der Waals surface area contributed by atoms with Crippen LogP contribution in [0.3, 0.4) is 0 Å². The molecule has 1 aliphatic heterocycles. The maximum atomic E-state index is 13.1. The van der Waals surface area contributed by atoms with Gasteiger partial charge < -0.3 is 0 Å². The molecule has 0 saturated carbocycles. The van der Waals surface area contributed by atoms with E-state index in [1.165, 1.54) is 0 Å². The first-order chi connectivity index (χ1) is 17.4. The summed E-state index contributed by atoms with van der Waals surface area (Å²) >= 11 is 0. The first-order valence-corrected chi connectivity index (χ1v) is 11.9. The zero-order chi connectivity index (χ0) is 25.1. The lowest BCUT2D eigenvalue weighted by atomic mass is 9.85. The summed E-state index contributed by atoms with van der Waals surface area (Å²) < 4.78 is 0.